The van der Waals surface area contributed by atoms with Gasteiger partial charge in [-0.3, -0.25) is 9.59 Å². The number of carbonyl (C=O) groups excluding carboxylic acids is 1. The van der Waals surface area contributed by atoms with E-state index in [4.69, 9.17) is 4.74 Å². The summed E-state index contributed by atoms with van der Waals surface area (Å²) in [5.74, 6) is -1.06. The quantitative estimate of drug-likeness (QED) is 0.263. The third-order valence-corrected chi connectivity index (χ3v) is 6.71. The lowest BCUT2D eigenvalue weighted by Gasteiger charge is -2.20. The van der Waals surface area contributed by atoms with Gasteiger partial charge in [-0.2, -0.15) is 14.5 Å². The second-order valence-corrected chi connectivity index (χ2v) is 10.5. The SMILES string of the molecule is CC(=O)OCc1c(-c2cc(C)c3nc[n+](C)n3c2)cccc1-n1ncc2cc(C(C)(C)C)cc(F)c2c1=O. The fraction of sp³-hybridized carbons (Fsp3) is 0.276. The first kappa shape index (κ1) is 25.3. The van der Waals surface area contributed by atoms with Gasteiger partial charge in [-0.15, -0.1) is 4.52 Å². The average molecular weight is 515 g/mol. The summed E-state index contributed by atoms with van der Waals surface area (Å²) in [6.45, 7) is 9.15. The first-order valence-electron chi connectivity index (χ1n) is 12.3. The highest BCUT2D eigenvalue weighted by molar-refractivity contribution is 5.83. The van der Waals surface area contributed by atoms with Crippen molar-refractivity contribution in [2.45, 2.75) is 46.6 Å². The van der Waals surface area contributed by atoms with Crippen molar-refractivity contribution in [2.24, 2.45) is 7.05 Å². The summed E-state index contributed by atoms with van der Waals surface area (Å²) in [6, 6.07) is 10.6. The van der Waals surface area contributed by atoms with E-state index in [1.54, 1.807) is 24.5 Å². The van der Waals surface area contributed by atoms with Crippen LogP contribution in [0.15, 0.2) is 59.9 Å². The van der Waals surface area contributed by atoms with Crippen molar-refractivity contribution in [2.75, 3.05) is 0 Å². The lowest BCUT2D eigenvalue weighted by atomic mass is 9.86. The van der Waals surface area contributed by atoms with Gasteiger partial charge in [0.15, 0.2) is 0 Å². The van der Waals surface area contributed by atoms with E-state index in [1.807, 2.05) is 62.3 Å². The van der Waals surface area contributed by atoms with Crippen molar-refractivity contribution in [3.63, 3.8) is 0 Å². The molecule has 0 unspecified atom stereocenters. The van der Waals surface area contributed by atoms with E-state index in [0.29, 0.717) is 16.6 Å². The van der Waals surface area contributed by atoms with E-state index in [1.165, 1.54) is 23.9 Å². The number of esters is 1. The Morgan fingerprint density at radius 3 is 2.66 bits per heavy atom. The van der Waals surface area contributed by atoms with Crippen LogP contribution in [0.25, 0.3) is 33.2 Å². The van der Waals surface area contributed by atoms with Crippen molar-refractivity contribution >= 4 is 22.4 Å². The zero-order chi connectivity index (χ0) is 27.4. The molecule has 5 aromatic rings. The summed E-state index contributed by atoms with van der Waals surface area (Å²) in [4.78, 5) is 29.8. The lowest BCUT2D eigenvalue weighted by molar-refractivity contribution is -0.738. The Kier molecular flexibility index (Phi) is 6.09. The number of aryl methyl sites for hydroxylation is 2. The van der Waals surface area contributed by atoms with Gasteiger partial charge in [0.2, 0.25) is 0 Å². The molecule has 9 heteroatoms. The maximum absolute atomic E-state index is 15.3. The van der Waals surface area contributed by atoms with Gasteiger partial charge < -0.3 is 4.74 Å². The molecular formula is C29H29FN5O3+. The number of hydrogen-bond donors (Lipinski definition) is 0. The van der Waals surface area contributed by atoms with Crippen LogP contribution in [0.2, 0.25) is 0 Å². The Morgan fingerprint density at radius 1 is 1.18 bits per heavy atom. The predicted molar refractivity (Wildman–Crippen MR) is 142 cm³/mol. The summed E-state index contributed by atoms with van der Waals surface area (Å²) in [7, 11) is 1.89. The van der Waals surface area contributed by atoms with E-state index in [9.17, 15) is 9.59 Å². The number of rotatable bonds is 4. The van der Waals surface area contributed by atoms with Gasteiger partial charge in [0, 0.05) is 29.0 Å². The molecule has 0 amide bonds. The van der Waals surface area contributed by atoms with Crippen LogP contribution in [-0.4, -0.2) is 25.2 Å². The Balaban J connectivity index is 1.75. The van der Waals surface area contributed by atoms with Gasteiger partial charge in [0.05, 0.1) is 23.5 Å². The first-order chi connectivity index (χ1) is 18.0. The predicted octanol–water partition coefficient (Wildman–Crippen LogP) is 4.33. The molecule has 2 aromatic carbocycles. The van der Waals surface area contributed by atoms with Crippen LogP contribution >= 0.6 is 0 Å². The summed E-state index contributed by atoms with van der Waals surface area (Å²) < 4.78 is 25.7. The fourth-order valence-electron chi connectivity index (χ4n) is 4.66. The summed E-state index contributed by atoms with van der Waals surface area (Å²) in [5.41, 5.74) is 4.22. The van der Waals surface area contributed by atoms with Crippen LogP contribution in [0.5, 0.6) is 0 Å². The minimum atomic E-state index is -0.597. The molecule has 0 spiro atoms. The zero-order valence-electron chi connectivity index (χ0n) is 22.2. The van der Waals surface area contributed by atoms with Crippen LogP contribution in [0, 0.1) is 12.7 Å². The van der Waals surface area contributed by atoms with E-state index in [2.05, 4.69) is 10.1 Å². The van der Waals surface area contributed by atoms with Crippen LogP contribution in [0.4, 0.5) is 4.39 Å². The first-order valence-corrected chi connectivity index (χ1v) is 12.3. The van der Waals surface area contributed by atoms with Gasteiger partial charge in [0.25, 0.3) is 11.2 Å². The maximum atomic E-state index is 15.3. The zero-order valence-corrected chi connectivity index (χ0v) is 22.2. The van der Waals surface area contributed by atoms with E-state index >= 15 is 4.39 Å². The molecule has 3 heterocycles. The molecule has 0 saturated heterocycles. The number of hydrogen-bond acceptors (Lipinski definition) is 5. The molecule has 0 aliphatic rings. The Morgan fingerprint density at radius 2 is 1.95 bits per heavy atom. The van der Waals surface area contributed by atoms with Gasteiger partial charge in [-0.1, -0.05) is 32.9 Å². The molecule has 0 aliphatic carbocycles. The van der Waals surface area contributed by atoms with Gasteiger partial charge in [0.1, 0.15) is 19.5 Å². The molecule has 0 saturated carbocycles. The molecule has 38 heavy (non-hydrogen) atoms. The molecule has 0 atom stereocenters. The summed E-state index contributed by atoms with van der Waals surface area (Å²) >= 11 is 0. The molecular weight excluding hydrogens is 485 g/mol. The normalized spacial score (nSPS) is 11.9. The Labute approximate surface area is 218 Å². The number of ether oxygens (including phenoxy) is 1. The van der Waals surface area contributed by atoms with Crippen molar-refractivity contribution in [1.29, 1.82) is 0 Å². The Bertz CT molecular complexity index is 1800. The minimum absolute atomic E-state index is 0.0421. The topological polar surface area (TPSA) is 82.4 Å². The van der Waals surface area contributed by atoms with E-state index in [0.717, 1.165) is 27.9 Å². The maximum Gasteiger partial charge on any atom is 0.307 e. The lowest BCUT2D eigenvalue weighted by Crippen LogP contribution is -2.33. The van der Waals surface area contributed by atoms with Gasteiger partial charge >= 0.3 is 12.3 Å². The van der Waals surface area contributed by atoms with Gasteiger partial charge in [-0.25, -0.2) is 4.39 Å². The molecule has 3 aromatic heterocycles. The van der Waals surface area contributed by atoms with Gasteiger partial charge in [-0.05, 0) is 52.7 Å². The molecule has 0 fully saturated rings. The number of fused-ring (bicyclic) bond motifs is 2. The number of halogens is 1. The second-order valence-electron chi connectivity index (χ2n) is 10.5. The van der Waals surface area contributed by atoms with Crippen molar-refractivity contribution in [3.8, 4) is 16.8 Å². The molecule has 0 bridgehead atoms. The molecule has 0 N–H and O–H groups in total. The number of nitrogens with zero attached hydrogens (tertiary/aromatic N) is 5. The number of aromatic nitrogens is 5. The second kappa shape index (κ2) is 9.16. The monoisotopic (exact) mass is 514 g/mol. The average Bonchev–Trinajstić information content (AvgIpc) is 3.23. The highest BCUT2D eigenvalue weighted by atomic mass is 19.1. The third-order valence-electron chi connectivity index (χ3n) is 6.71. The smallest absolute Gasteiger partial charge is 0.307 e. The van der Waals surface area contributed by atoms with E-state index in [-0.39, 0.29) is 17.4 Å². The van der Waals surface area contributed by atoms with Crippen LogP contribution in [0.3, 0.4) is 0 Å². The largest absolute Gasteiger partial charge is 0.461 e. The summed E-state index contributed by atoms with van der Waals surface area (Å²) in [5, 5.41) is 4.81. The van der Waals surface area contributed by atoms with Crippen LogP contribution in [0.1, 0.15) is 44.4 Å². The molecule has 0 aliphatic heterocycles. The minimum Gasteiger partial charge on any atom is -0.461 e. The van der Waals surface area contributed by atoms with Crippen molar-refractivity contribution < 1.29 is 18.6 Å². The van der Waals surface area contributed by atoms with Crippen LogP contribution in [-0.2, 0) is 28.6 Å². The third kappa shape index (κ3) is 4.34. The highest BCUT2D eigenvalue weighted by Gasteiger charge is 2.22. The summed E-state index contributed by atoms with van der Waals surface area (Å²) in [6.07, 6.45) is 5.15. The molecule has 8 nitrogen and oxygen atoms in total. The number of carbonyl (C=O) groups is 1. The number of benzene rings is 2. The standard InChI is InChI=1S/C29H29FN5O3/c1-17-10-20(14-34-27(17)31-16-33(34)6)22-8-7-9-25(23(22)15-38-18(2)36)35-28(37)26-19(13-32-35)11-21(12-24(26)30)29(3,4)5/h7-14,16H,15H2,1-6H3/q+1. The fourth-order valence-corrected chi connectivity index (χ4v) is 4.66. The molecule has 0 radical (unpaired) electrons. The molecule has 194 valence electrons. The van der Waals surface area contributed by atoms with Crippen LogP contribution < -0.4 is 10.2 Å². The molecule has 5 rings (SSSR count). The highest BCUT2D eigenvalue weighted by Crippen LogP contribution is 2.31. The van der Waals surface area contributed by atoms with Crippen molar-refractivity contribution in [1.82, 2.24) is 19.3 Å². The van der Waals surface area contributed by atoms with E-state index < -0.39 is 17.3 Å². The van der Waals surface area contributed by atoms with Crippen molar-refractivity contribution in [3.05, 3.63) is 88.0 Å². The Hall–Kier alpha value is -4.40. The number of pyridine rings is 1.